The monoisotopic (exact) mass is 354 g/mol. The summed E-state index contributed by atoms with van der Waals surface area (Å²) in [6.45, 7) is 0.115. The fourth-order valence-corrected chi connectivity index (χ4v) is 2.96. The molecule has 0 atom stereocenters. The Labute approximate surface area is 148 Å². The topological polar surface area (TPSA) is 80.3 Å². The van der Waals surface area contributed by atoms with Crippen LogP contribution in [0.15, 0.2) is 36.4 Å². The van der Waals surface area contributed by atoms with E-state index in [1.165, 1.54) is 14.2 Å². The van der Waals surface area contributed by atoms with Crippen molar-refractivity contribution in [1.82, 2.24) is 0 Å². The molecule has 0 N–H and O–H groups in total. The Balaban J connectivity index is 1.88. The maximum absolute atomic E-state index is 12.3. The minimum absolute atomic E-state index is 0.115. The standard InChI is InChI=1S/C19H14O7/c1-22-12-5-3-10(7-14(12)23-2)16-17(19(21)26-18(16)20)11-4-6-13-15(8-11)25-9-24-13/h3-8H,9H2,1-2H3. The van der Waals surface area contributed by atoms with Crippen LogP contribution in [-0.2, 0) is 14.3 Å². The van der Waals surface area contributed by atoms with Gasteiger partial charge in [-0.1, -0.05) is 12.1 Å². The lowest BCUT2D eigenvalue weighted by atomic mass is 9.95. The molecule has 0 amide bonds. The summed E-state index contributed by atoms with van der Waals surface area (Å²) in [6.07, 6.45) is 0. The number of hydrogen-bond acceptors (Lipinski definition) is 7. The Morgan fingerprint density at radius 3 is 2.08 bits per heavy atom. The SMILES string of the molecule is COc1ccc(C2=C(c3ccc4c(c3)OCO4)C(=O)OC2=O)cc1OC. The molecule has 7 nitrogen and oxygen atoms in total. The average molecular weight is 354 g/mol. The molecule has 0 fully saturated rings. The van der Waals surface area contributed by atoms with Crippen LogP contribution in [0.2, 0.25) is 0 Å². The molecule has 7 heteroatoms. The van der Waals surface area contributed by atoms with Gasteiger partial charge in [0.2, 0.25) is 6.79 Å². The zero-order valence-corrected chi connectivity index (χ0v) is 14.0. The van der Waals surface area contributed by atoms with Gasteiger partial charge in [-0.25, -0.2) is 9.59 Å². The average Bonchev–Trinajstić information content (AvgIpc) is 3.23. The van der Waals surface area contributed by atoms with Gasteiger partial charge in [0.25, 0.3) is 0 Å². The fourth-order valence-electron chi connectivity index (χ4n) is 2.96. The summed E-state index contributed by atoms with van der Waals surface area (Å²) in [5.41, 5.74) is 1.33. The normalized spacial score (nSPS) is 15.3. The minimum atomic E-state index is -0.713. The molecule has 2 aliphatic rings. The van der Waals surface area contributed by atoms with Gasteiger partial charge >= 0.3 is 11.9 Å². The molecule has 0 spiro atoms. The smallest absolute Gasteiger partial charge is 0.347 e. The molecule has 2 aromatic rings. The molecule has 0 bridgehead atoms. The van der Waals surface area contributed by atoms with E-state index in [0.717, 1.165) is 0 Å². The van der Waals surface area contributed by atoms with Crippen molar-refractivity contribution in [3.8, 4) is 23.0 Å². The van der Waals surface area contributed by atoms with Gasteiger partial charge in [-0.05, 0) is 35.4 Å². The van der Waals surface area contributed by atoms with Crippen LogP contribution >= 0.6 is 0 Å². The van der Waals surface area contributed by atoms with Gasteiger partial charge < -0.3 is 23.7 Å². The Hall–Kier alpha value is -3.48. The highest BCUT2D eigenvalue weighted by molar-refractivity contribution is 6.44. The lowest BCUT2D eigenvalue weighted by Gasteiger charge is -2.10. The van der Waals surface area contributed by atoms with Crippen molar-refractivity contribution in [2.24, 2.45) is 0 Å². The minimum Gasteiger partial charge on any atom is -0.493 e. The lowest BCUT2D eigenvalue weighted by Crippen LogP contribution is -2.02. The second-order valence-electron chi connectivity index (χ2n) is 5.56. The van der Waals surface area contributed by atoms with E-state index < -0.39 is 11.9 Å². The highest BCUT2D eigenvalue weighted by Crippen LogP contribution is 2.40. The third-order valence-corrected chi connectivity index (χ3v) is 4.18. The van der Waals surface area contributed by atoms with Crippen LogP contribution in [-0.4, -0.2) is 33.0 Å². The molecule has 4 rings (SSSR count). The first-order chi connectivity index (χ1) is 12.6. The number of carbonyl (C=O) groups excluding carboxylic acids is 2. The van der Waals surface area contributed by atoms with Crippen LogP contribution in [0.25, 0.3) is 11.1 Å². The Kier molecular flexibility index (Phi) is 3.76. The van der Waals surface area contributed by atoms with Crippen LogP contribution in [0.3, 0.4) is 0 Å². The number of carbonyl (C=O) groups is 2. The second kappa shape index (κ2) is 6.11. The molecule has 0 saturated carbocycles. The fraction of sp³-hybridized carbons (Fsp3) is 0.158. The number of hydrogen-bond donors (Lipinski definition) is 0. The zero-order chi connectivity index (χ0) is 18.3. The van der Waals surface area contributed by atoms with Crippen molar-refractivity contribution < 1.29 is 33.3 Å². The number of benzene rings is 2. The second-order valence-corrected chi connectivity index (χ2v) is 5.56. The quantitative estimate of drug-likeness (QED) is 0.616. The van der Waals surface area contributed by atoms with Gasteiger partial charge in [-0.3, -0.25) is 0 Å². The predicted molar refractivity (Wildman–Crippen MR) is 90.0 cm³/mol. The van der Waals surface area contributed by atoms with Gasteiger partial charge in [0.15, 0.2) is 23.0 Å². The van der Waals surface area contributed by atoms with Crippen LogP contribution in [0.4, 0.5) is 0 Å². The van der Waals surface area contributed by atoms with Crippen LogP contribution in [0.5, 0.6) is 23.0 Å². The largest absolute Gasteiger partial charge is 0.493 e. The molecule has 0 saturated heterocycles. The molecular weight excluding hydrogens is 340 g/mol. The molecular formula is C19H14O7. The van der Waals surface area contributed by atoms with E-state index in [1.54, 1.807) is 36.4 Å². The summed E-state index contributed by atoms with van der Waals surface area (Å²) in [7, 11) is 3.01. The molecule has 2 aromatic carbocycles. The highest BCUT2D eigenvalue weighted by atomic mass is 16.7. The van der Waals surface area contributed by atoms with Crippen molar-refractivity contribution in [2.75, 3.05) is 21.0 Å². The molecule has 2 aliphatic heterocycles. The number of ether oxygens (including phenoxy) is 5. The van der Waals surface area contributed by atoms with Crippen molar-refractivity contribution in [3.63, 3.8) is 0 Å². The predicted octanol–water partition coefficient (Wildman–Crippen LogP) is 2.43. The van der Waals surface area contributed by atoms with Crippen LogP contribution in [0, 0.1) is 0 Å². The van der Waals surface area contributed by atoms with E-state index in [2.05, 4.69) is 0 Å². The highest BCUT2D eigenvalue weighted by Gasteiger charge is 2.36. The Morgan fingerprint density at radius 2 is 1.38 bits per heavy atom. The number of esters is 2. The van der Waals surface area contributed by atoms with E-state index in [9.17, 15) is 9.59 Å². The number of fused-ring (bicyclic) bond motifs is 1. The van der Waals surface area contributed by atoms with E-state index >= 15 is 0 Å². The van der Waals surface area contributed by atoms with E-state index in [0.29, 0.717) is 34.1 Å². The van der Waals surface area contributed by atoms with Gasteiger partial charge in [0.1, 0.15) is 0 Å². The summed E-state index contributed by atoms with van der Waals surface area (Å²) >= 11 is 0. The molecule has 132 valence electrons. The maximum atomic E-state index is 12.3. The van der Waals surface area contributed by atoms with Crippen LogP contribution in [0.1, 0.15) is 11.1 Å². The van der Waals surface area contributed by atoms with Crippen molar-refractivity contribution in [3.05, 3.63) is 47.5 Å². The van der Waals surface area contributed by atoms with Gasteiger partial charge in [-0.15, -0.1) is 0 Å². The van der Waals surface area contributed by atoms with Crippen molar-refractivity contribution in [2.45, 2.75) is 0 Å². The van der Waals surface area contributed by atoms with E-state index in [4.69, 9.17) is 23.7 Å². The maximum Gasteiger partial charge on any atom is 0.347 e. The molecule has 0 aromatic heterocycles. The summed E-state index contributed by atoms with van der Waals surface area (Å²) in [5.74, 6) is 0.621. The molecule has 0 radical (unpaired) electrons. The first kappa shape index (κ1) is 16.0. The molecule has 26 heavy (non-hydrogen) atoms. The lowest BCUT2D eigenvalue weighted by molar-refractivity contribution is -0.149. The van der Waals surface area contributed by atoms with E-state index in [1.807, 2.05) is 0 Å². The van der Waals surface area contributed by atoms with Crippen molar-refractivity contribution >= 4 is 23.1 Å². The molecule has 0 aliphatic carbocycles. The van der Waals surface area contributed by atoms with Gasteiger partial charge in [0.05, 0.1) is 25.4 Å². The summed E-state index contributed by atoms with van der Waals surface area (Å²) in [6, 6.07) is 9.98. The number of rotatable bonds is 4. The van der Waals surface area contributed by atoms with Crippen LogP contribution < -0.4 is 18.9 Å². The summed E-state index contributed by atoms with van der Waals surface area (Å²) in [4.78, 5) is 24.6. The van der Waals surface area contributed by atoms with Gasteiger partial charge in [-0.2, -0.15) is 0 Å². The zero-order valence-electron chi connectivity index (χ0n) is 14.0. The summed E-state index contributed by atoms with van der Waals surface area (Å²) < 4.78 is 26.0. The summed E-state index contributed by atoms with van der Waals surface area (Å²) in [5, 5.41) is 0. The number of cyclic esters (lactones) is 2. The number of methoxy groups -OCH3 is 2. The van der Waals surface area contributed by atoms with E-state index in [-0.39, 0.29) is 17.9 Å². The van der Waals surface area contributed by atoms with Gasteiger partial charge in [0, 0.05) is 0 Å². The van der Waals surface area contributed by atoms with Crippen molar-refractivity contribution in [1.29, 1.82) is 0 Å². The Bertz CT molecular complexity index is 958. The first-order valence-electron chi connectivity index (χ1n) is 7.75. The third kappa shape index (κ3) is 2.45. The molecule has 2 heterocycles. The molecule has 0 unspecified atom stereocenters. The Morgan fingerprint density at radius 1 is 0.769 bits per heavy atom. The third-order valence-electron chi connectivity index (χ3n) is 4.18. The first-order valence-corrected chi connectivity index (χ1v) is 7.75.